The van der Waals surface area contributed by atoms with Gasteiger partial charge < -0.3 is 0 Å². The van der Waals surface area contributed by atoms with E-state index in [1.807, 2.05) is 61.5 Å². The molecule has 0 aliphatic rings. The van der Waals surface area contributed by atoms with Gasteiger partial charge in [0.1, 0.15) is 11.6 Å². The van der Waals surface area contributed by atoms with Crippen molar-refractivity contribution < 1.29 is 14.4 Å². The number of carbonyl (C=O) groups is 3. The molecule has 0 amide bonds. The highest BCUT2D eigenvalue weighted by molar-refractivity contribution is 6.08. The number of benzene rings is 2. The Balaban J connectivity index is 1.99. The topological polar surface area (TPSA) is 51.2 Å². The summed E-state index contributed by atoms with van der Waals surface area (Å²) in [5.41, 5.74) is 2.43. The summed E-state index contributed by atoms with van der Waals surface area (Å²) in [5, 5.41) is 0. The molecule has 2 aromatic carbocycles. The zero-order chi connectivity index (χ0) is 19.1. The predicted molar refractivity (Wildman–Crippen MR) is 103 cm³/mol. The molecule has 26 heavy (non-hydrogen) atoms. The number of carbonyl (C=O) groups excluding carboxylic acids is 3. The van der Waals surface area contributed by atoms with Crippen LogP contribution in [0.2, 0.25) is 0 Å². The predicted octanol–water partition coefficient (Wildman–Crippen LogP) is 4.67. The van der Waals surface area contributed by atoms with Crippen molar-refractivity contribution in [3.8, 4) is 0 Å². The van der Waals surface area contributed by atoms with E-state index in [2.05, 4.69) is 0 Å². The molecule has 0 spiro atoms. The molecule has 2 atom stereocenters. The van der Waals surface area contributed by atoms with Crippen LogP contribution in [-0.2, 0) is 16.0 Å². The molecule has 0 saturated heterocycles. The Bertz CT molecular complexity index is 760. The third-order valence-corrected chi connectivity index (χ3v) is 4.94. The molecule has 2 rings (SSSR count). The lowest BCUT2D eigenvalue weighted by atomic mass is 9.86. The van der Waals surface area contributed by atoms with E-state index in [4.69, 9.17) is 0 Å². The second-order valence-corrected chi connectivity index (χ2v) is 6.99. The van der Waals surface area contributed by atoms with Crippen molar-refractivity contribution in [3.05, 3.63) is 71.3 Å². The monoisotopic (exact) mass is 350 g/mol. The van der Waals surface area contributed by atoms with Crippen molar-refractivity contribution in [1.29, 1.82) is 0 Å². The quantitative estimate of drug-likeness (QED) is 0.618. The molecule has 0 aliphatic heterocycles. The Morgan fingerprint density at radius 1 is 0.808 bits per heavy atom. The third kappa shape index (κ3) is 5.48. The van der Waals surface area contributed by atoms with Crippen LogP contribution in [0.15, 0.2) is 54.6 Å². The van der Waals surface area contributed by atoms with Crippen LogP contribution in [0.25, 0.3) is 0 Å². The molecule has 2 aromatic rings. The number of Topliss-reactive ketones (excluding diaryl/α,β-unsaturated/α-hetero) is 2. The number of aryl methyl sites for hydroxylation is 1. The molecule has 2 unspecified atom stereocenters. The molecular formula is C23H26O3. The van der Waals surface area contributed by atoms with Crippen LogP contribution in [0.3, 0.4) is 0 Å². The first-order valence-corrected chi connectivity index (χ1v) is 9.08. The summed E-state index contributed by atoms with van der Waals surface area (Å²) >= 11 is 0. The maximum Gasteiger partial charge on any atom is 0.193 e. The van der Waals surface area contributed by atoms with Crippen molar-refractivity contribution >= 4 is 17.3 Å². The van der Waals surface area contributed by atoms with E-state index in [-0.39, 0.29) is 29.2 Å². The highest BCUT2D eigenvalue weighted by Gasteiger charge is 2.20. The molecule has 136 valence electrons. The number of rotatable bonds is 9. The molecule has 0 bridgehead atoms. The molecule has 0 N–H and O–H groups in total. The molecule has 3 nitrogen and oxygen atoms in total. The summed E-state index contributed by atoms with van der Waals surface area (Å²) in [5.74, 6) is 0.0809. The first-order valence-electron chi connectivity index (χ1n) is 9.08. The van der Waals surface area contributed by atoms with Gasteiger partial charge in [0, 0.05) is 23.0 Å². The second kappa shape index (κ2) is 9.23. The lowest BCUT2D eigenvalue weighted by molar-refractivity contribution is -0.123. The van der Waals surface area contributed by atoms with E-state index in [1.54, 1.807) is 13.8 Å². The molecular weight excluding hydrogens is 324 g/mol. The van der Waals surface area contributed by atoms with Gasteiger partial charge in [-0.2, -0.15) is 0 Å². The Morgan fingerprint density at radius 2 is 1.38 bits per heavy atom. The normalized spacial score (nSPS) is 13.0. The van der Waals surface area contributed by atoms with Crippen molar-refractivity contribution in [2.75, 3.05) is 0 Å². The van der Waals surface area contributed by atoms with Gasteiger partial charge in [0.15, 0.2) is 5.78 Å². The minimum atomic E-state index is -0.0977. The van der Waals surface area contributed by atoms with Crippen LogP contribution in [0.1, 0.15) is 55.1 Å². The Hall–Kier alpha value is -2.55. The lowest BCUT2D eigenvalue weighted by Gasteiger charge is -2.17. The highest BCUT2D eigenvalue weighted by Crippen LogP contribution is 2.21. The van der Waals surface area contributed by atoms with Crippen LogP contribution < -0.4 is 0 Å². The summed E-state index contributed by atoms with van der Waals surface area (Å²) in [7, 11) is 0. The van der Waals surface area contributed by atoms with E-state index in [0.717, 1.165) is 18.4 Å². The molecule has 0 fully saturated rings. The fraction of sp³-hybridized carbons (Fsp3) is 0.348. The maximum atomic E-state index is 12.4. The zero-order valence-corrected chi connectivity index (χ0v) is 15.7. The van der Waals surface area contributed by atoms with Gasteiger partial charge in [0.05, 0.1) is 0 Å². The summed E-state index contributed by atoms with van der Waals surface area (Å²) in [6.07, 6.45) is 2.09. The summed E-state index contributed by atoms with van der Waals surface area (Å²) in [4.78, 5) is 35.7. The van der Waals surface area contributed by atoms with Crippen molar-refractivity contribution in [1.82, 2.24) is 0 Å². The minimum absolute atomic E-state index is 0.00838. The van der Waals surface area contributed by atoms with Gasteiger partial charge in [-0.15, -0.1) is 0 Å². The fourth-order valence-corrected chi connectivity index (χ4v) is 3.00. The van der Waals surface area contributed by atoms with E-state index < -0.39 is 0 Å². The van der Waals surface area contributed by atoms with Gasteiger partial charge in [-0.1, -0.05) is 61.5 Å². The van der Waals surface area contributed by atoms with Crippen LogP contribution in [-0.4, -0.2) is 17.3 Å². The van der Waals surface area contributed by atoms with Crippen LogP contribution in [0.5, 0.6) is 0 Å². The number of hydrogen-bond donors (Lipinski definition) is 0. The Kier molecular flexibility index (Phi) is 7.02. The van der Waals surface area contributed by atoms with Crippen molar-refractivity contribution in [2.45, 2.75) is 40.0 Å². The lowest BCUT2D eigenvalue weighted by Crippen LogP contribution is -2.19. The van der Waals surface area contributed by atoms with Gasteiger partial charge in [-0.05, 0) is 38.7 Å². The largest absolute Gasteiger partial charge is 0.300 e. The Labute approximate surface area is 155 Å². The standard InChI is InChI=1S/C23H26O3/c1-16(17(2)24)15-22(18(3)25)14-11-19-9-12-21(13-10-19)23(26)20-7-5-4-6-8-20/h4-10,12-13,16,22H,11,14-15H2,1-3H3. The molecule has 0 aromatic heterocycles. The molecule has 0 radical (unpaired) electrons. The van der Waals surface area contributed by atoms with E-state index in [1.165, 1.54) is 0 Å². The average molecular weight is 350 g/mol. The van der Waals surface area contributed by atoms with Gasteiger partial charge in [0.2, 0.25) is 0 Å². The van der Waals surface area contributed by atoms with Crippen LogP contribution >= 0.6 is 0 Å². The number of ketones is 3. The van der Waals surface area contributed by atoms with Gasteiger partial charge in [-0.25, -0.2) is 0 Å². The Morgan fingerprint density at radius 3 is 1.92 bits per heavy atom. The van der Waals surface area contributed by atoms with Gasteiger partial charge in [0.25, 0.3) is 0 Å². The summed E-state index contributed by atoms with van der Waals surface area (Å²) in [6, 6.07) is 16.8. The second-order valence-electron chi connectivity index (χ2n) is 6.99. The molecule has 0 saturated carbocycles. The smallest absolute Gasteiger partial charge is 0.193 e. The third-order valence-electron chi connectivity index (χ3n) is 4.94. The molecule has 0 heterocycles. The highest BCUT2D eigenvalue weighted by atomic mass is 16.1. The van der Waals surface area contributed by atoms with Crippen molar-refractivity contribution in [3.63, 3.8) is 0 Å². The summed E-state index contributed by atoms with van der Waals surface area (Å²) < 4.78 is 0. The zero-order valence-electron chi connectivity index (χ0n) is 15.7. The SMILES string of the molecule is CC(=O)C(C)CC(CCc1ccc(C(=O)c2ccccc2)cc1)C(C)=O. The first-order chi connectivity index (χ1) is 12.4. The molecule has 3 heteroatoms. The molecule has 0 aliphatic carbocycles. The van der Waals surface area contributed by atoms with Crippen molar-refractivity contribution in [2.24, 2.45) is 11.8 Å². The maximum absolute atomic E-state index is 12.4. The van der Waals surface area contributed by atoms with E-state index in [9.17, 15) is 14.4 Å². The minimum Gasteiger partial charge on any atom is -0.300 e. The van der Waals surface area contributed by atoms with Crippen LogP contribution in [0.4, 0.5) is 0 Å². The summed E-state index contributed by atoms with van der Waals surface area (Å²) in [6.45, 7) is 5.05. The van der Waals surface area contributed by atoms with Gasteiger partial charge >= 0.3 is 0 Å². The van der Waals surface area contributed by atoms with E-state index in [0.29, 0.717) is 17.5 Å². The van der Waals surface area contributed by atoms with Gasteiger partial charge in [-0.3, -0.25) is 14.4 Å². The number of hydrogen-bond acceptors (Lipinski definition) is 3. The van der Waals surface area contributed by atoms with Crippen LogP contribution in [0, 0.1) is 11.8 Å². The first kappa shape index (κ1) is 19.8. The average Bonchev–Trinajstić information content (AvgIpc) is 2.65. The fourth-order valence-electron chi connectivity index (χ4n) is 3.00. The van der Waals surface area contributed by atoms with E-state index >= 15 is 0 Å².